The first-order valence-electron chi connectivity index (χ1n) is 6.40. The summed E-state index contributed by atoms with van der Waals surface area (Å²) in [4.78, 5) is 13.4. The zero-order valence-electron chi connectivity index (χ0n) is 11.9. The number of hydrogen-bond acceptors (Lipinski definition) is 2. The van der Waals surface area contributed by atoms with Gasteiger partial charge in [0.25, 0.3) is 5.91 Å². The van der Waals surface area contributed by atoms with Crippen LogP contribution in [0.4, 0.5) is 0 Å². The Labute approximate surface area is 110 Å². The lowest BCUT2D eigenvalue weighted by Gasteiger charge is -2.21. The molecule has 0 aliphatic rings. The number of carbonyl (C=O) groups excluding carboxylic acids is 1. The van der Waals surface area contributed by atoms with Crippen LogP contribution < -0.4 is 4.74 Å². The normalized spacial score (nSPS) is 10.8. The van der Waals surface area contributed by atoms with E-state index in [4.69, 9.17) is 4.74 Å². The third-order valence-electron chi connectivity index (χ3n) is 3.08. The van der Waals surface area contributed by atoms with Crippen LogP contribution in [0.5, 0.6) is 5.75 Å². The molecule has 3 heteroatoms. The van der Waals surface area contributed by atoms with Crippen molar-refractivity contribution in [3.05, 3.63) is 29.8 Å². The number of benzene rings is 1. The van der Waals surface area contributed by atoms with Crippen molar-refractivity contribution in [3.63, 3.8) is 0 Å². The van der Waals surface area contributed by atoms with Gasteiger partial charge in [-0.3, -0.25) is 4.79 Å². The fourth-order valence-electron chi connectivity index (χ4n) is 1.48. The summed E-state index contributed by atoms with van der Waals surface area (Å²) in [5.74, 6) is 1.25. The van der Waals surface area contributed by atoms with Gasteiger partial charge in [0.15, 0.2) is 6.61 Å². The van der Waals surface area contributed by atoms with Crippen LogP contribution in [-0.4, -0.2) is 30.5 Å². The number of likely N-dealkylation sites (N-methyl/N-ethyl adjacent to an activating group) is 1. The van der Waals surface area contributed by atoms with E-state index in [-0.39, 0.29) is 18.6 Å². The lowest BCUT2D eigenvalue weighted by Crippen LogP contribution is -2.36. The highest BCUT2D eigenvalue weighted by Crippen LogP contribution is 2.18. The van der Waals surface area contributed by atoms with Gasteiger partial charge in [-0.15, -0.1) is 0 Å². The second kappa shape index (κ2) is 6.43. The third-order valence-corrected chi connectivity index (χ3v) is 3.08. The molecule has 0 aliphatic heterocycles. The highest BCUT2D eigenvalue weighted by molar-refractivity contribution is 5.77. The first-order valence-corrected chi connectivity index (χ1v) is 6.40. The predicted molar refractivity (Wildman–Crippen MR) is 73.9 cm³/mol. The largest absolute Gasteiger partial charge is 0.484 e. The molecule has 0 fully saturated rings. The Kier molecular flexibility index (Phi) is 5.20. The number of ether oxygens (including phenoxy) is 1. The van der Waals surface area contributed by atoms with Crippen molar-refractivity contribution in [1.29, 1.82) is 0 Å². The average Bonchev–Trinajstić information content (AvgIpc) is 2.35. The zero-order valence-corrected chi connectivity index (χ0v) is 11.9. The summed E-state index contributed by atoms with van der Waals surface area (Å²) >= 11 is 0. The summed E-state index contributed by atoms with van der Waals surface area (Å²) in [5, 5.41) is 0. The summed E-state index contributed by atoms with van der Waals surface area (Å²) in [5.41, 5.74) is 1.27. The Balaban J connectivity index is 2.51. The van der Waals surface area contributed by atoms with E-state index < -0.39 is 0 Å². The van der Waals surface area contributed by atoms with Crippen LogP contribution in [-0.2, 0) is 4.79 Å². The van der Waals surface area contributed by atoms with Crippen molar-refractivity contribution in [2.24, 2.45) is 0 Å². The quantitative estimate of drug-likeness (QED) is 0.802. The summed E-state index contributed by atoms with van der Waals surface area (Å²) < 4.78 is 5.48. The van der Waals surface area contributed by atoms with Crippen molar-refractivity contribution in [2.75, 3.05) is 13.7 Å². The Bertz CT molecular complexity index is 382. The summed E-state index contributed by atoms with van der Waals surface area (Å²) in [6.45, 7) is 8.36. The molecule has 0 radical (unpaired) electrons. The molecule has 1 aromatic rings. The molecule has 3 nitrogen and oxygen atoms in total. The first kappa shape index (κ1) is 14.6. The second-order valence-electron chi connectivity index (χ2n) is 5.11. The Morgan fingerprint density at radius 3 is 2.17 bits per heavy atom. The molecule has 0 aromatic heterocycles. The number of rotatable bonds is 5. The minimum atomic E-state index is -0.00191. The Morgan fingerprint density at radius 1 is 1.17 bits per heavy atom. The molecule has 1 amide bonds. The standard InChI is InChI=1S/C15H23NO2/c1-11(2)13-6-8-14(9-7-13)18-10-15(17)16(5)12(3)4/h6-9,11-12H,10H2,1-5H3. The molecule has 18 heavy (non-hydrogen) atoms. The molecule has 0 unspecified atom stereocenters. The van der Waals surface area contributed by atoms with Crippen molar-refractivity contribution in [1.82, 2.24) is 4.90 Å². The SMILES string of the molecule is CC(C)c1ccc(OCC(=O)N(C)C(C)C)cc1. The van der Waals surface area contributed by atoms with Crippen molar-refractivity contribution in [3.8, 4) is 5.75 Å². The van der Waals surface area contributed by atoms with Gasteiger partial charge in [-0.2, -0.15) is 0 Å². The van der Waals surface area contributed by atoms with Crippen molar-refractivity contribution < 1.29 is 9.53 Å². The van der Waals surface area contributed by atoms with Gasteiger partial charge in [-0.1, -0.05) is 26.0 Å². The highest BCUT2D eigenvalue weighted by Gasteiger charge is 2.12. The first-order chi connectivity index (χ1) is 8.41. The molecule has 1 aromatic carbocycles. The molecule has 0 bridgehead atoms. The molecule has 1 rings (SSSR count). The average molecular weight is 249 g/mol. The smallest absolute Gasteiger partial charge is 0.260 e. The van der Waals surface area contributed by atoms with E-state index in [2.05, 4.69) is 13.8 Å². The van der Waals surface area contributed by atoms with Crippen LogP contribution in [0, 0.1) is 0 Å². The van der Waals surface area contributed by atoms with Gasteiger partial charge in [0.05, 0.1) is 0 Å². The third kappa shape index (κ3) is 4.06. The van der Waals surface area contributed by atoms with Gasteiger partial charge in [-0.05, 0) is 37.5 Å². The van der Waals surface area contributed by atoms with E-state index in [0.29, 0.717) is 5.92 Å². The maximum Gasteiger partial charge on any atom is 0.260 e. The molecule has 0 N–H and O–H groups in total. The van der Waals surface area contributed by atoms with Crippen LogP contribution in [0.2, 0.25) is 0 Å². The van der Waals surface area contributed by atoms with Crippen LogP contribution in [0.25, 0.3) is 0 Å². The molecule has 100 valence electrons. The van der Waals surface area contributed by atoms with Crippen LogP contribution in [0.3, 0.4) is 0 Å². The lowest BCUT2D eigenvalue weighted by molar-refractivity contribution is -0.133. The second-order valence-corrected chi connectivity index (χ2v) is 5.11. The molecule has 0 atom stereocenters. The summed E-state index contributed by atoms with van der Waals surface area (Å²) in [7, 11) is 1.79. The number of carbonyl (C=O) groups is 1. The predicted octanol–water partition coefficient (Wildman–Crippen LogP) is 3.06. The number of hydrogen-bond donors (Lipinski definition) is 0. The maximum atomic E-state index is 11.7. The van der Waals surface area contributed by atoms with E-state index in [1.165, 1.54) is 5.56 Å². The molecule has 0 heterocycles. The Hall–Kier alpha value is -1.51. The minimum absolute atomic E-state index is 0.00191. The fraction of sp³-hybridized carbons (Fsp3) is 0.533. The Morgan fingerprint density at radius 2 is 1.72 bits per heavy atom. The van der Waals surface area contributed by atoms with E-state index in [1.54, 1.807) is 11.9 Å². The number of nitrogens with zero attached hydrogens (tertiary/aromatic N) is 1. The molecule has 0 aliphatic carbocycles. The number of amides is 1. The molecular formula is C15H23NO2. The fourth-order valence-corrected chi connectivity index (χ4v) is 1.48. The lowest BCUT2D eigenvalue weighted by atomic mass is 10.0. The maximum absolute atomic E-state index is 11.7. The van der Waals surface area contributed by atoms with Gasteiger partial charge < -0.3 is 9.64 Å². The van der Waals surface area contributed by atoms with Gasteiger partial charge >= 0.3 is 0 Å². The van der Waals surface area contributed by atoms with Crippen molar-refractivity contribution in [2.45, 2.75) is 39.7 Å². The van der Waals surface area contributed by atoms with Crippen molar-refractivity contribution >= 4 is 5.91 Å². The van der Waals surface area contributed by atoms with Crippen LogP contribution in [0.1, 0.15) is 39.2 Å². The van der Waals surface area contributed by atoms with Crippen LogP contribution in [0.15, 0.2) is 24.3 Å². The molecule has 0 saturated heterocycles. The van der Waals surface area contributed by atoms with E-state index in [0.717, 1.165) is 5.75 Å². The summed E-state index contributed by atoms with van der Waals surface area (Å²) in [6.07, 6.45) is 0. The van der Waals surface area contributed by atoms with E-state index in [9.17, 15) is 4.79 Å². The van der Waals surface area contributed by atoms with Gasteiger partial charge in [0, 0.05) is 13.1 Å². The molecule has 0 spiro atoms. The zero-order chi connectivity index (χ0) is 13.7. The van der Waals surface area contributed by atoms with Gasteiger partial charge in [-0.25, -0.2) is 0 Å². The monoisotopic (exact) mass is 249 g/mol. The van der Waals surface area contributed by atoms with Gasteiger partial charge in [0.2, 0.25) is 0 Å². The topological polar surface area (TPSA) is 29.5 Å². The minimum Gasteiger partial charge on any atom is -0.484 e. The van der Waals surface area contributed by atoms with Gasteiger partial charge in [0.1, 0.15) is 5.75 Å². The van der Waals surface area contributed by atoms with E-state index in [1.807, 2.05) is 38.1 Å². The van der Waals surface area contributed by atoms with Crippen LogP contribution >= 0.6 is 0 Å². The highest BCUT2D eigenvalue weighted by atomic mass is 16.5. The molecular weight excluding hydrogens is 226 g/mol. The summed E-state index contributed by atoms with van der Waals surface area (Å²) in [6, 6.07) is 8.10. The van der Waals surface area contributed by atoms with E-state index >= 15 is 0 Å². The molecule has 0 saturated carbocycles.